The first-order valence-electron chi connectivity index (χ1n) is 4.20. The van der Waals surface area contributed by atoms with Gasteiger partial charge in [-0.2, -0.15) is 5.10 Å². The van der Waals surface area contributed by atoms with Crippen LogP contribution in [0.3, 0.4) is 0 Å². The summed E-state index contributed by atoms with van der Waals surface area (Å²) in [5.41, 5.74) is 0.917. The molecule has 0 saturated carbocycles. The summed E-state index contributed by atoms with van der Waals surface area (Å²) in [5.74, 6) is -0.318. The number of furan rings is 1. The van der Waals surface area contributed by atoms with Crippen LogP contribution < -0.4 is 5.32 Å². The number of anilines is 1. The van der Waals surface area contributed by atoms with Gasteiger partial charge < -0.3 is 9.73 Å². The lowest BCUT2D eigenvalue weighted by Gasteiger charge is -1.98. The van der Waals surface area contributed by atoms with Crippen LogP contribution in [0.2, 0.25) is 5.22 Å². The van der Waals surface area contributed by atoms with Gasteiger partial charge in [-0.1, -0.05) is 0 Å². The Kier molecular flexibility index (Phi) is 2.47. The molecule has 2 heterocycles. The predicted octanol–water partition coefficient (Wildman–Crippen LogP) is 1.92. The molecular formula is C9H8ClN3O2. The van der Waals surface area contributed by atoms with Gasteiger partial charge in [0.15, 0.2) is 0 Å². The number of nitrogens with zero attached hydrogens (tertiary/aromatic N) is 2. The fourth-order valence-electron chi connectivity index (χ4n) is 1.14. The van der Waals surface area contributed by atoms with E-state index in [1.54, 1.807) is 24.1 Å². The Morgan fingerprint density at radius 3 is 3.00 bits per heavy atom. The number of aryl methyl sites for hydroxylation is 1. The molecule has 0 saturated heterocycles. The van der Waals surface area contributed by atoms with E-state index in [2.05, 4.69) is 10.4 Å². The van der Waals surface area contributed by atoms with E-state index in [0.717, 1.165) is 0 Å². The minimum atomic E-state index is -0.318. The molecule has 0 fully saturated rings. The van der Waals surface area contributed by atoms with Crippen molar-refractivity contribution in [2.24, 2.45) is 7.05 Å². The van der Waals surface area contributed by atoms with Crippen LogP contribution in [0.1, 0.15) is 10.4 Å². The zero-order chi connectivity index (χ0) is 10.8. The van der Waals surface area contributed by atoms with Gasteiger partial charge in [0, 0.05) is 13.2 Å². The largest absolute Gasteiger partial charge is 0.452 e. The highest BCUT2D eigenvalue weighted by atomic mass is 35.5. The second kappa shape index (κ2) is 3.78. The molecule has 2 aromatic rings. The lowest BCUT2D eigenvalue weighted by molar-refractivity contribution is 0.102. The van der Waals surface area contributed by atoms with Gasteiger partial charge in [0.1, 0.15) is 0 Å². The Morgan fingerprint density at radius 2 is 2.47 bits per heavy atom. The highest BCUT2D eigenvalue weighted by Gasteiger charge is 2.13. The maximum absolute atomic E-state index is 11.6. The molecule has 0 bridgehead atoms. The minimum Gasteiger partial charge on any atom is -0.452 e. The average molecular weight is 226 g/mol. The molecular weight excluding hydrogens is 218 g/mol. The third kappa shape index (κ3) is 2.02. The Morgan fingerprint density at radius 1 is 1.67 bits per heavy atom. The third-order valence-corrected chi connectivity index (χ3v) is 2.12. The van der Waals surface area contributed by atoms with Crippen LogP contribution in [0.4, 0.5) is 5.69 Å². The summed E-state index contributed by atoms with van der Waals surface area (Å²) in [6.45, 7) is 0. The quantitative estimate of drug-likeness (QED) is 0.850. The van der Waals surface area contributed by atoms with Gasteiger partial charge in [0.25, 0.3) is 5.91 Å². The molecule has 0 radical (unpaired) electrons. The third-order valence-electron chi connectivity index (χ3n) is 1.83. The van der Waals surface area contributed by atoms with E-state index in [-0.39, 0.29) is 11.1 Å². The van der Waals surface area contributed by atoms with Gasteiger partial charge in [-0.3, -0.25) is 9.48 Å². The van der Waals surface area contributed by atoms with Crippen molar-refractivity contribution in [2.45, 2.75) is 0 Å². The number of hydrogen-bond donors (Lipinski definition) is 1. The van der Waals surface area contributed by atoms with Crippen LogP contribution >= 0.6 is 11.6 Å². The Labute approximate surface area is 90.6 Å². The molecule has 1 N–H and O–H groups in total. The number of carbonyl (C=O) groups excluding carboxylic acids is 1. The predicted molar refractivity (Wildman–Crippen MR) is 54.9 cm³/mol. The first-order chi connectivity index (χ1) is 7.16. The molecule has 15 heavy (non-hydrogen) atoms. The number of carbonyl (C=O) groups is 1. The summed E-state index contributed by atoms with van der Waals surface area (Å²) in [6.07, 6.45) is 4.60. The van der Waals surface area contributed by atoms with Gasteiger partial charge in [0.2, 0.25) is 5.22 Å². The molecule has 1 amide bonds. The van der Waals surface area contributed by atoms with E-state index in [4.69, 9.17) is 16.0 Å². The van der Waals surface area contributed by atoms with Crippen molar-refractivity contribution < 1.29 is 9.21 Å². The van der Waals surface area contributed by atoms with E-state index in [9.17, 15) is 4.79 Å². The molecule has 0 spiro atoms. The van der Waals surface area contributed by atoms with Crippen LogP contribution in [-0.2, 0) is 7.05 Å². The minimum absolute atomic E-state index is 0.0800. The lowest BCUT2D eigenvalue weighted by atomic mass is 10.3. The van der Waals surface area contributed by atoms with E-state index < -0.39 is 0 Å². The van der Waals surface area contributed by atoms with Gasteiger partial charge in [0.05, 0.1) is 23.7 Å². The summed E-state index contributed by atoms with van der Waals surface area (Å²) in [7, 11) is 1.76. The van der Waals surface area contributed by atoms with Gasteiger partial charge in [-0.05, 0) is 17.7 Å². The number of amides is 1. The Hall–Kier alpha value is -1.75. The molecule has 6 heteroatoms. The zero-order valence-corrected chi connectivity index (χ0v) is 8.65. The molecule has 0 aromatic carbocycles. The Balaban J connectivity index is 2.14. The normalized spacial score (nSPS) is 10.3. The van der Waals surface area contributed by atoms with Gasteiger partial charge in [-0.15, -0.1) is 0 Å². The number of nitrogens with one attached hydrogen (secondary N) is 1. The number of aromatic nitrogens is 2. The molecule has 2 rings (SSSR count). The second-order valence-corrected chi connectivity index (χ2v) is 3.31. The average Bonchev–Trinajstić information content (AvgIpc) is 2.75. The van der Waals surface area contributed by atoms with Crippen molar-refractivity contribution >= 4 is 23.2 Å². The summed E-state index contributed by atoms with van der Waals surface area (Å²) in [4.78, 5) is 11.6. The highest BCUT2D eigenvalue weighted by molar-refractivity contribution is 6.32. The van der Waals surface area contributed by atoms with E-state index >= 15 is 0 Å². The van der Waals surface area contributed by atoms with Crippen LogP contribution in [0.15, 0.2) is 29.1 Å². The first kappa shape index (κ1) is 9.79. The van der Waals surface area contributed by atoms with Crippen LogP contribution in [0, 0.1) is 0 Å². The van der Waals surface area contributed by atoms with Crippen molar-refractivity contribution in [3.8, 4) is 0 Å². The van der Waals surface area contributed by atoms with Gasteiger partial charge in [-0.25, -0.2) is 0 Å². The summed E-state index contributed by atoms with van der Waals surface area (Å²) >= 11 is 5.66. The van der Waals surface area contributed by atoms with Crippen LogP contribution in [-0.4, -0.2) is 15.7 Å². The van der Waals surface area contributed by atoms with Crippen molar-refractivity contribution in [3.05, 3.63) is 35.5 Å². The zero-order valence-electron chi connectivity index (χ0n) is 7.90. The smallest absolute Gasteiger partial charge is 0.260 e. The second-order valence-electron chi connectivity index (χ2n) is 2.96. The maximum atomic E-state index is 11.6. The lowest BCUT2D eigenvalue weighted by Crippen LogP contribution is -2.10. The molecule has 0 aliphatic carbocycles. The van der Waals surface area contributed by atoms with Crippen LogP contribution in [0.5, 0.6) is 0 Å². The number of halogens is 1. The van der Waals surface area contributed by atoms with E-state index in [0.29, 0.717) is 11.3 Å². The fraction of sp³-hybridized carbons (Fsp3) is 0.111. The fourth-order valence-corrected chi connectivity index (χ4v) is 1.34. The van der Waals surface area contributed by atoms with Crippen molar-refractivity contribution in [1.29, 1.82) is 0 Å². The molecule has 0 unspecified atom stereocenters. The standard InChI is InChI=1S/C9H8ClN3O2/c1-13-5-6(4-11-13)12-9(14)7-2-3-15-8(7)10/h2-5H,1H3,(H,12,14). The highest BCUT2D eigenvalue weighted by Crippen LogP contribution is 2.18. The summed E-state index contributed by atoms with van der Waals surface area (Å²) < 4.78 is 6.40. The summed E-state index contributed by atoms with van der Waals surface area (Å²) in [5, 5.41) is 6.64. The monoisotopic (exact) mass is 225 g/mol. The molecule has 0 atom stereocenters. The van der Waals surface area contributed by atoms with Gasteiger partial charge >= 0.3 is 0 Å². The van der Waals surface area contributed by atoms with Crippen LogP contribution in [0.25, 0.3) is 0 Å². The molecule has 0 aliphatic heterocycles. The Bertz CT molecular complexity index is 489. The van der Waals surface area contributed by atoms with Crippen molar-refractivity contribution in [1.82, 2.24) is 9.78 Å². The van der Waals surface area contributed by atoms with Crippen molar-refractivity contribution in [3.63, 3.8) is 0 Å². The SMILES string of the molecule is Cn1cc(NC(=O)c2ccoc2Cl)cn1. The van der Waals surface area contributed by atoms with Crippen molar-refractivity contribution in [2.75, 3.05) is 5.32 Å². The molecule has 5 nitrogen and oxygen atoms in total. The molecule has 0 aliphatic rings. The first-order valence-corrected chi connectivity index (χ1v) is 4.57. The van der Waals surface area contributed by atoms with E-state index in [1.165, 1.54) is 12.3 Å². The van der Waals surface area contributed by atoms with E-state index in [1.807, 2.05) is 0 Å². The summed E-state index contributed by atoms with van der Waals surface area (Å²) in [6, 6.07) is 1.51. The number of hydrogen-bond acceptors (Lipinski definition) is 3. The number of rotatable bonds is 2. The topological polar surface area (TPSA) is 60.1 Å². The molecule has 78 valence electrons. The maximum Gasteiger partial charge on any atom is 0.260 e. The molecule has 2 aromatic heterocycles.